The van der Waals surface area contributed by atoms with Crippen molar-refractivity contribution in [1.29, 1.82) is 0 Å². The van der Waals surface area contributed by atoms with Crippen molar-refractivity contribution in [2.45, 2.75) is 20.4 Å². The Kier molecular flexibility index (Phi) is 3.36. The van der Waals surface area contributed by atoms with Crippen LogP contribution in [0.3, 0.4) is 0 Å². The monoisotopic (exact) mass is 296 g/mol. The molecule has 1 saturated heterocycles. The second-order valence-electron chi connectivity index (χ2n) is 6.01. The number of aromatic nitrogens is 1. The summed E-state index contributed by atoms with van der Waals surface area (Å²) in [6, 6.07) is 8.41. The summed E-state index contributed by atoms with van der Waals surface area (Å²) in [7, 11) is 0. The molecule has 22 heavy (non-hydrogen) atoms. The predicted molar refractivity (Wildman–Crippen MR) is 87.1 cm³/mol. The van der Waals surface area contributed by atoms with Crippen molar-refractivity contribution in [3.63, 3.8) is 0 Å². The zero-order valence-corrected chi connectivity index (χ0v) is 13.1. The lowest BCUT2D eigenvalue weighted by atomic mass is 10.1. The molecule has 0 amide bonds. The number of rotatable bonds is 2. The van der Waals surface area contributed by atoms with Gasteiger partial charge in [0.25, 0.3) is 0 Å². The fourth-order valence-corrected chi connectivity index (χ4v) is 3.19. The van der Waals surface area contributed by atoms with Crippen LogP contribution in [0.15, 0.2) is 28.7 Å². The Bertz CT molecular complexity index is 832. The van der Waals surface area contributed by atoms with Gasteiger partial charge in [0.05, 0.1) is 25.3 Å². The first kappa shape index (κ1) is 13.7. The van der Waals surface area contributed by atoms with E-state index < -0.39 is 0 Å². The summed E-state index contributed by atoms with van der Waals surface area (Å²) in [5.74, 6) is 1.01. The third-order valence-electron chi connectivity index (χ3n) is 4.42. The van der Waals surface area contributed by atoms with E-state index in [0.717, 1.165) is 66.2 Å². The smallest absolute Gasteiger partial charge is 0.145 e. The number of morpholine rings is 1. The van der Waals surface area contributed by atoms with E-state index in [1.165, 1.54) is 5.56 Å². The van der Waals surface area contributed by atoms with Gasteiger partial charge in [0, 0.05) is 29.6 Å². The summed E-state index contributed by atoms with van der Waals surface area (Å²) in [4.78, 5) is 7.14. The molecule has 0 unspecified atom stereocenters. The van der Waals surface area contributed by atoms with E-state index in [-0.39, 0.29) is 0 Å². The lowest BCUT2D eigenvalue weighted by molar-refractivity contribution is 0.0315. The first-order valence-corrected chi connectivity index (χ1v) is 7.81. The number of benzene rings is 1. The van der Waals surface area contributed by atoms with Crippen LogP contribution in [0.2, 0.25) is 0 Å². The topological polar surface area (TPSA) is 38.5 Å². The molecule has 1 aliphatic rings. The second kappa shape index (κ2) is 5.38. The fourth-order valence-electron chi connectivity index (χ4n) is 3.19. The van der Waals surface area contributed by atoms with Gasteiger partial charge >= 0.3 is 0 Å². The Labute approximate surface area is 129 Å². The highest BCUT2D eigenvalue weighted by Gasteiger charge is 2.16. The van der Waals surface area contributed by atoms with Gasteiger partial charge in [-0.3, -0.25) is 9.88 Å². The Morgan fingerprint density at radius 1 is 1.14 bits per heavy atom. The molecule has 1 aromatic carbocycles. The van der Waals surface area contributed by atoms with E-state index >= 15 is 0 Å². The molecule has 4 heteroatoms. The lowest BCUT2D eigenvalue weighted by Gasteiger charge is -2.25. The van der Waals surface area contributed by atoms with Crippen LogP contribution in [0.25, 0.3) is 21.9 Å². The van der Waals surface area contributed by atoms with Crippen molar-refractivity contribution < 1.29 is 9.15 Å². The molecule has 4 rings (SSSR count). The molecular weight excluding hydrogens is 276 g/mol. The number of fused-ring (bicyclic) bond motifs is 3. The number of aryl methyl sites for hydroxylation is 2. The molecule has 3 aromatic rings. The molecule has 0 radical (unpaired) electrons. The molecule has 0 bridgehead atoms. The normalized spacial score (nSPS) is 16.6. The molecule has 1 fully saturated rings. The van der Waals surface area contributed by atoms with E-state index in [1.807, 2.05) is 0 Å². The number of furan rings is 1. The van der Waals surface area contributed by atoms with E-state index in [0.29, 0.717) is 0 Å². The predicted octanol–water partition coefficient (Wildman–Crippen LogP) is 3.43. The van der Waals surface area contributed by atoms with Gasteiger partial charge in [0.2, 0.25) is 0 Å². The molecular formula is C18H20N2O2. The minimum absolute atomic E-state index is 0.808. The SMILES string of the molecule is Cc1nc2c(C)cccc2c2oc(CN3CCOCC3)cc12. The van der Waals surface area contributed by atoms with Gasteiger partial charge in [0.15, 0.2) is 0 Å². The van der Waals surface area contributed by atoms with E-state index in [4.69, 9.17) is 14.1 Å². The molecule has 1 aliphatic heterocycles. The Morgan fingerprint density at radius 3 is 2.77 bits per heavy atom. The van der Waals surface area contributed by atoms with Crippen molar-refractivity contribution in [1.82, 2.24) is 9.88 Å². The molecule has 114 valence electrons. The number of hydrogen-bond donors (Lipinski definition) is 0. The van der Waals surface area contributed by atoms with Gasteiger partial charge in [-0.05, 0) is 31.5 Å². The number of pyridine rings is 1. The van der Waals surface area contributed by atoms with Crippen LogP contribution in [-0.2, 0) is 11.3 Å². The zero-order chi connectivity index (χ0) is 15.1. The average molecular weight is 296 g/mol. The Morgan fingerprint density at radius 2 is 1.95 bits per heavy atom. The van der Waals surface area contributed by atoms with Crippen LogP contribution in [0.4, 0.5) is 0 Å². The summed E-state index contributed by atoms with van der Waals surface area (Å²) < 4.78 is 11.6. The first-order valence-electron chi connectivity index (χ1n) is 7.81. The standard InChI is InChI=1S/C18H20N2O2/c1-12-4-3-5-15-17(12)19-13(2)16-10-14(22-18(15)16)11-20-6-8-21-9-7-20/h3-5,10H,6-9,11H2,1-2H3. The number of nitrogens with zero attached hydrogens (tertiary/aromatic N) is 2. The van der Waals surface area contributed by atoms with Gasteiger partial charge in [0.1, 0.15) is 11.3 Å². The van der Waals surface area contributed by atoms with Gasteiger partial charge in [-0.2, -0.15) is 0 Å². The van der Waals surface area contributed by atoms with Gasteiger partial charge in [-0.15, -0.1) is 0 Å². The Balaban J connectivity index is 1.80. The third-order valence-corrected chi connectivity index (χ3v) is 4.42. The molecule has 4 nitrogen and oxygen atoms in total. The quantitative estimate of drug-likeness (QED) is 0.726. The largest absolute Gasteiger partial charge is 0.459 e. The molecule has 0 aliphatic carbocycles. The zero-order valence-electron chi connectivity index (χ0n) is 13.1. The molecule has 2 aromatic heterocycles. The summed E-state index contributed by atoms with van der Waals surface area (Å²) in [5.41, 5.74) is 4.23. The maximum absolute atomic E-state index is 6.20. The first-order chi connectivity index (χ1) is 10.7. The minimum atomic E-state index is 0.808. The molecule has 0 spiro atoms. The molecule has 0 saturated carbocycles. The van der Waals surface area contributed by atoms with Crippen LogP contribution in [0.1, 0.15) is 17.0 Å². The lowest BCUT2D eigenvalue weighted by Crippen LogP contribution is -2.35. The van der Waals surface area contributed by atoms with Crippen molar-refractivity contribution in [3.05, 3.63) is 41.3 Å². The Hall–Kier alpha value is -1.91. The molecule has 3 heterocycles. The summed E-state index contributed by atoms with van der Waals surface area (Å²) in [6.45, 7) is 8.54. The van der Waals surface area contributed by atoms with Gasteiger partial charge in [-0.25, -0.2) is 0 Å². The highest BCUT2D eigenvalue weighted by Crippen LogP contribution is 2.31. The molecule has 0 atom stereocenters. The summed E-state index contributed by atoms with van der Waals surface area (Å²) >= 11 is 0. The summed E-state index contributed by atoms with van der Waals surface area (Å²) in [5, 5.41) is 2.23. The number of hydrogen-bond acceptors (Lipinski definition) is 4. The van der Waals surface area contributed by atoms with Crippen LogP contribution < -0.4 is 0 Å². The highest BCUT2D eigenvalue weighted by atomic mass is 16.5. The molecule has 0 N–H and O–H groups in total. The van der Waals surface area contributed by atoms with E-state index in [1.54, 1.807) is 0 Å². The van der Waals surface area contributed by atoms with Crippen molar-refractivity contribution in [2.75, 3.05) is 26.3 Å². The maximum Gasteiger partial charge on any atom is 0.145 e. The highest BCUT2D eigenvalue weighted by molar-refractivity contribution is 6.04. The van der Waals surface area contributed by atoms with Crippen molar-refractivity contribution in [2.24, 2.45) is 0 Å². The maximum atomic E-state index is 6.20. The van der Waals surface area contributed by atoms with Crippen molar-refractivity contribution >= 4 is 21.9 Å². The van der Waals surface area contributed by atoms with E-state index in [9.17, 15) is 0 Å². The average Bonchev–Trinajstić information content (AvgIpc) is 2.94. The number of para-hydroxylation sites is 1. The fraction of sp³-hybridized carbons (Fsp3) is 0.389. The van der Waals surface area contributed by atoms with Gasteiger partial charge < -0.3 is 9.15 Å². The van der Waals surface area contributed by atoms with E-state index in [2.05, 4.69) is 43.0 Å². The third kappa shape index (κ3) is 2.28. The van der Waals surface area contributed by atoms with Crippen LogP contribution >= 0.6 is 0 Å². The second-order valence-corrected chi connectivity index (χ2v) is 6.01. The number of ether oxygens (including phenoxy) is 1. The van der Waals surface area contributed by atoms with Crippen molar-refractivity contribution in [3.8, 4) is 0 Å². The minimum Gasteiger partial charge on any atom is -0.459 e. The van der Waals surface area contributed by atoms with Crippen LogP contribution in [0, 0.1) is 13.8 Å². The van der Waals surface area contributed by atoms with Gasteiger partial charge in [-0.1, -0.05) is 12.1 Å². The van der Waals surface area contributed by atoms with Crippen LogP contribution in [-0.4, -0.2) is 36.2 Å². The summed E-state index contributed by atoms with van der Waals surface area (Å²) in [6.07, 6.45) is 0. The van der Waals surface area contributed by atoms with Crippen LogP contribution in [0.5, 0.6) is 0 Å².